The first-order valence-electron chi connectivity index (χ1n) is 5.07. The van der Waals surface area contributed by atoms with E-state index in [4.69, 9.17) is 0 Å². The van der Waals surface area contributed by atoms with Gasteiger partial charge in [0.15, 0.2) is 11.6 Å². The molecule has 0 bridgehead atoms. The van der Waals surface area contributed by atoms with Crippen molar-refractivity contribution < 1.29 is 22.7 Å². The molecule has 2 aromatic carbocycles. The summed E-state index contributed by atoms with van der Waals surface area (Å²) in [4.78, 5) is 0. The Morgan fingerprint density at radius 2 is 1.33 bits per heavy atom. The molecule has 2 rings (SSSR count). The summed E-state index contributed by atoms with van der Waals surface area (Å²) in [7, 11) is 0. The van der Waals surface area contributed by atoms with Gasteiger partial charge in [0, 0.05) is 17.2 Å². The molecule has 0 saturated heterocycles. The van der Waals surface area contributed by atoms with Crippen molar-refractivity contribution in [3.63, 3.8) is 0 Å². The zero-order chi connectivity index (χ0) is 13.3. The minimum atomic E-state index is -1.69. The van der Waals surface area contributed by atoms with Gasteiger partial charge in [-0.1, -0.05) is 18.2 Å². The Labute approximate surface area is 100 Å². The summed E-state index contributed by atoms with van der Waals surface area (Å²) in [6.45, 7) is 0. The first-order valence-corrected chi connectivity index (χ1v) is 5.07. The lowest BCUT2D eigenvalue weighted by Gasteiger charge is -2.13. The second-order valence-corrected chi connectivity index (χ2v) is 3.71. The highest BCUT2D eigenvalue weighted by molar-refractivity contribution is 5.32. The topological polar surface area (TPSA) is 20.2 Å². The Bertz CT molecular complexity index is 583. The molecular formula is C13H8F4O. The fourth-order valence-electron chi connectivity index (χ4n) is 1.61. The maximum atomic E-state index is 13.4. The minimum absolute atomic E-state index is 0.206. The van der Waals surface area contributed by atoms with Gasteiger partial charge in [0.1, 0.15) is 17.7 Å². The van der Waals surface area contributed by atoms with Crippen LogP contribution in [-0.2, 0) is 0 Å². The predicted octanol–water partition coefficient (Wildman–Crippen LogP) is 3.32. The van der Waals surface area contributed by atoms with Crippen LogP contribution in [0.1, 0.15) is 17.2 Å². The van der Waals surface area contributed by atoms with Gasteiger partial charge in [0.25, 0.3) is 0 Å². The maximum absolute atomic E-state index is 13.4. The maximum Gasteiger partial charge on any atom is 0.161 e. The highest BCUT2D eigenvalue weighted by atomic mass is 19.2. The zero-order valence-corrected chi connectivity index (χ0v) is 9.00. The van der Waals surface area contributed by atoms with Crippen molar-refractivity contribution in [1.82, 2.24) is 0 Å². The minimum Gasteiger partial charge on any atom is -0.383 e. The lowest BCUT2D eigenvalue weighted by molar-refractivity contribution is 0.208. The first-order chi connectivity index (χ1) is 8.50. The number of halogens is 4. The number of hydrogen-bond donors (Lipinski definition) is 1. The second-order valence-electron chi connectivity index (χ2n) is 3.71. The molecule has 18 heavy (non-hydrogen) atoms. The van der Waals surface area contributed by atoms with Gasteiger partial charge >= 0.3 is 0 Å². The van der Waals surface area contributed by atoms with Crippen LogP contribution >= 0.6 is 0 Å². The highest BCUT2D eigenvalue weighted by Crippen LogP contribution is 2.27. The summed E-state index contributed by atoms with van der Waals surface area (Å²) in [5.74, 6) is -4.56. The molecule has 94 valence electrons. The van der Waals surface area contributed by atoms with Crippen LogP contribution in [-0.4, -0.2) is 5.11 Å². The summed E-state index contributed by atoms with van der Waals surface area (Å²) in [6.07, 6.45) is -1.69. The summed E-state index contributed by atoms with van der Waals surface area (Å²) < 4.78 is 52.5. The summed E-state index contributed by atoms with van der Waals surface area (Å²) in [5.41, 5.74) is -0.721. The molecule has 1 nitrogen and oxygen atoms in total. The van der Waals surface area contributed by atoms with E-state index < -0.39 is 34.9 Å². The monoisotopic (exact) mass is 256 g/mol. The van der Waals surface area contributed by atoms with Gasteiger partial charge in [-0.05, 0) is 12.1 Å². The highest BCUT2D eigenvalue weighted by Gasteiger charge is 2.20. The number of hydrogen-bond acceptors (Lipinski definition) is 1. The number of rotatable bonds is 2. The molecule has 0 spiro atoms. The molecular weight excluding hydrogens is 248 g/mol. The van der Waals surface area contributed by atoms with Crippen LogP contribution in [0.15, 0.2) is 36.4 Å². The Morgan fingerprint density at radius 1 is 0.722 bits per heavy atom. The van der Waals surface area contributed by atoms with E-state index in [-0.39, 0.29) is 5.56 Å². The molecule has 5 heteroatoms. The number of aliphatic hydroxyl groups is 1. The van der Waals surface area contributed by atoms with Crippen LogP contribution in [0.25, 0.3) is 0 Å². The van der Waals surface area contributed by atoms with Gasteiger partial charge in [0.2, 0.25) is 0 Å². The third-order valence-corrected chi connectivity index (χ3v) is 2.53. The lowest BCUT2D eigenvalue weighted by Crippen LogP contribution is -2.06. The molecule has 1 unspecified atom stereocenters. The molecule has 0 fully saturated rings. The van der Waals surface area contributed by atoms with Crippen LogP contribution in [0.2, 0.25) is 0 Å². The average Bonchev–Trinajstić information content (AvgIpc) is 2.33. The van der Waals surface area contributed by atoms with Gasteiger partial charge in [-0.2, -0.15) is 0 Å². The molecule has 0 heterocycles. The molecule has 0 radical (unpaired) electrons. The predicted molar refractivity (Wildman–Crippen MR) is 56.8 cm³/mol. The molecule has 0 aliphatic rings. The molecule has 0 saturated carbocycles. The molecule has 0 aliphatic heterocycles. The van der Waals surface area contributed by atoms with E-state index in [9.17, 15) is 22.7 Å². The zero-order valence-electron chi connectivity index (χ0n) is 9.00. The van der Waals surface area contributed by atoms with E-state index in [0.717, 1.165) is 6.07 Å². The third kappa shape index (κ3) is 2.22. The van der Waals surface area contributed by atoms with Gasteiger partial charge in [-0.15, -0.1) is 0 Å². The Balaban J connectivity index is 2.50. The van der Waals surface area contributed by atoms with E-state index in [0.29, 0.717) is 12.1 Å². The smallest absolute Gasteiger partial charge is 0.161 e. The molecule has 0 amide bonds. The van der Waals surface area contributed by atoms with Crippen molar-refractivity contribution in [2.75, 3.05) is 0 Å². The Hall–Kier alpha value is -1.88. The van der Waals surface area contributed by atoms with E-state index in [1.165, 1.54) is 18.2 Å². The van der Waals surface area contributed by atoms with Crippen molar-refractivity contribution >= 4 is 0 Å². The average molecular weight is 256 g/mol. The van der Waals surface area contributed by atoms with Crippen molar-refractivity contribution in [3.05, 3.63) is 70.8 Å². The van der Waals surface area contributed by atoms with Crippen molar-refractivity contribution in [3.8, 4) is 0 Å². The van der Waals surface area contributed by atoms with Gasteiger partial charge in [-0.25, -0.2) is 17.6 Å². The first kappa shape index (κ1) is 12.6. The Kier molecular flexibility index (Phi) is 3.34. The fourth-order valence-corrected chi connectivity index (χ4v) is 1.61. The van der Waals surface area contributed by atoms with Crippen LogP contribution in [0.4, 0.5) is 17.6 Å². The molecule has 0 aliphatic carbocycles. The molecule has 2 aromatic rings. The van der Waals surface area contributed by atoms with E-state index in [1.807, 2.05) is 0 Å². The molecule has 0 aromatic heterocycles. The van der Waals surface area contributed by atoms with E-state index in [2.05, 4.69) is 0 Å². The summed E-state index contributed by atoms with van der Waals surface area (Å²) >= 11 is 0. The van der Waals surface area contributed by atoms with Crippen LogP contribution < -0.4 is 0 Å². The second kappa shape index (κ2) is 4.78. The van der Waals surface area contributed by atoms with Crippen molar-refractivity contribution in [2.24, 2.45) is 0 Å². The normalized spacial score (nSPS) is 12.5. The van der Waals surface area contributed by atoms with Gasteiger partial charge in [0.05, 0.1) is 0 Å². The number of benzene rings is 2. The van der Waals surface area contributed by atoms with Crippen LogP contribution in [0.3, 0.4) is 0 Å². The van der Waals surface area contributed by atoms with Crippen molar-refractivity contribution in [1.29, 1.82) is 0 Å². The summed E-state index contributed by atoms with van der Waals surface area (Å²) in [6, 6.07) is 5.99. The third-order valence-electron chi connectivity index (χ3n) is 2.53. The largest absolute Gasteiger partial charge is 0.383 e. The lowest BCUT2D eigenvalue weighted by atomic mass is 10.0. The summed E-state index contributed by atoms with van der Waals surface area (Å²) in [5, 5.41) is 9.80. The van der Waals surface area contributed by atoms with Crippen LogP contribution in [0.5, 0.6) is 0 Å². The quantitative estimate of drug-likeness (QED) is 0.645. The van der Waals surface area contributed by atoms with Gasteiger partial charge in [-0.3, -0.25) is 0 Å². The molecule has 1 atom stereocenters. The molecule has 1 N–H and O–H groups in total. The van der Waals surface area contributed by atoms with Crippen LogP contribution in [0, 0.1) is 23.3 Å². The number of aliphatic hydroxyl groups excluding tert-OH is 1. The van der Waals surface area contributed by atoms with Gasteiger partial charge < -0.3 is 5.11 Å². The van der Waals surface area contributed by atoms with Crippen molar-refractivity contribution in [2.45, 2.75) is 6.10 Å². The standard InChI is InChI=1S/C13H8F4O/c14-9-4-2-1-3-7(9)13(18)8-5-11(16)12(17)6-10(8)15/h1-6,13,18H. The fraction of sp³-hybridized carbons (Fsp3) is 0.0769. The van der Waals surface area contributed by atoms with E-state index >= 15 is 0 Å². The SMILES string of the molecule is OC(c1ccccc1F)c1cc(F)c(F)cc1F. The Morgan fingerprint density at radius 3 is 2.00 bits per heavy atom. The van der Waals surface area contributed by atoms with E-state index in [1.54, 1.807) is 0 Å².